The first-order valence-corrected chi connectivity index (χ1v) is 5.05. The van der Waals surface area contributed by atoms with Gasteiger partial charge in [-0.05, 0) is 17.6 Å². The number of alkyl halides is 1. The third-order valence-electron chi connectivity index (χ3n) is 2.71. The van der Waals surface area contributed by atoms with Gasteiger partial charge in [0.05, 0.1) is 0 Å². The maximum absolute atomic E-state index is 12.3. The Bertz CT molecular complexity index is 183. The van der Waals surface area contributed by atoms with Gasteiger partial charge in [-0.3, -0.25) is 4.79 Å². The molecule has 1 heterocycles. The third-order valence-corrected chi connectivity index (χ3v) is 4.24. The Labute approximate surface area is 69.7 Å². The lowest BCUT2D eigenvalue weighted by Gasteiger charge is -2.11. The highest BCUT2D eigenvalue weighted by Crippen LogP contribution is 2.45. The van der Waals surface area contributed by atoms with Crippen LogP contribution in [-0.2, 0) is 4.79 Å². The predicted octanol–water partition coefficient (Wildman–Crippen LogP) is 1.67. The Hall–Kier alpha value is -0.0500. The van der Waals surface area contributed by atoms with E-state index in [0.717, 1.165) is 5.75 Å². The number of halogens is 1. The molecule has 2 rings (SSSR count). The molecule has 0 aromatic heterocycles. The molecule has 0 spiro atoms. The molecule has 2 aliphatic rings. The highest BCUT2D eigenvalue weighted by molar-refractivity contribution is 8.00. The van der Waals surface area contributed by atoms with Crippen molar-refractivity contribution in [1.29, 1.82) is 0 Å². The van der Waals surface area contributed by atoms with Gasteiger partial charge in [-0.2, -0.15) is 11.8 Å². The fourth-order valence-corrected chi connectivity index (χ4v) is 3.62. The van der Waals surface area contributed by atoms with Gasteiger partial charge in [-0.1, -0.05) is 0 Å². The number of Topliss-reactive ketones (excluding diaryl/α,β-unsaturated/α-hetero) is 1. The van der Waals surface area contributed by atoms with Gasteiger partial charge in [0.1, 0.15) is 12.5 Å². The van der Waals surface area contributed by atoms with Crippen LogP contribution in [0, 0.1) is 11.8 Å². The number of carbonyl (C=O) groups excluding carboxylic acids is 1. The van der Waals surface area contributed by atoms with Crippen molar-refractivity contribution in [1.82, 2.24) is 0 Å². The molecule has 1 aliphatic carbocycles. The summed E-state index contributed by atoms with van der Waals surface area (Å²) in [5.41, 5.74) is 0. The summed E-state index contributed by atoms with van der Waals surface area (Å²) in [5, 5.41) is 0.131. The Morgan fingerprint density at radius 2 is 2.36 bits per heavy atom. The minimum absolute atomic E-state index is 0.131. The molecule has 0 aromatic rings. The predicted molar refractivity (Wildman–Crippen MR) is 43.4 cm³/mol. The number of hydrogen-bond donors (Lipinski definition) is 0. The fraction of sp³-hybridized carbons (Fsp3) is 0.875. The standard InChI is InChI=1S/C8H11FOS/c9-3-8-7-2-6(10)1-5(7)4-11-8/h5,7-8H,1-4H2. The van der Waals surface area contributed by atoms with Crippen LogP contribution in [0.5, 0.6) is 0 Å². The minimum atomic E-state index is -0.251. The zero-order valence-electron chi connectivity index (χ0n) is 6.25. The fourth-order valence-electron chi connectivity index (χ4n) is 2.10. The van der Waals surface area contributed by atoms with E-state index in [1.165, 1.54) is 0 Å². The molecule has 0 aromatic carbocycles. The maximum atomic E-state index is 12.3. The van der Waals surface area contributed by atoms with E-state index in [1.54, 1.807) is 11.8 Å². The number of ketones is 1. The minimum Gasteiger partial charge on any atom is -0.300 e. The zero-order chi connectivity index (χ0) is 7.84. The van der Waals surface area contributed by atoms with E-state index < -0.39 is 0 Å². The van der Waals surface area contributed by atoms with Crippen LogP contribution in [0.15, 0.2) is 0 Å². The van der Waals surface area contributed by atoms with Crippen molar-refractivity contribution < 1.29 is 9.18 Å². The molecule has 0 amide bonds. The van der Waals surface area contributed by atoms with Crippen molar-refractivity contribution in [3.63, 3.8) is 0 Å². The second-order valence-electron chi connectivity index (χ2n) is 3.40. The van der Waals surface area contributed by atoms with Gasteiger partial charge < -0.3 is 0 Å². The van der Waals surface area contributed by atoms with Gasteiger partial charge in [0.2, 0.25) is 0 Å². The van der Waals surface area contributed by atoms with Gasteiger partial charge in [0.25, 0.3) is 0 Å². The lowest BCUT2D eigenvalue weighted by molar-refractivity contribution is -0.117. The van der Waals surface area contributed by atoms with Crippen LogP contribution in [0.2, 0.25) is 0 Å². The number of carbonyl (C=O) groups is 1. The largest absolute Gasteiger partial charge is 0.300 e. The van der Waals surface area contributed by atoms with Gasteiger partial charge in [-0.15, -0.1) is 0 Å². The summed E-state index contributed by atoms with van der Waals surface area (Å²) in [6, 6.07) is 0. The summed E-state index contributed by atoms with van der Waals surface area (Å²) in [5.74, 6) is 2.23. The number of thioether (sulfide) groups is 1. The number of hydrogen-bond acceptors (Lipinski definition) is 2. The molecule has 1 nitrogen and oxygen atoms in total. The zero-order valence-corrected chi connectivity index (χ0v) is 7.07. The van der Waals surface area contributed by atoms with Crippen molar-refractivity contribution in [3.05, 3.63) is 0 Å². The summed E-state index contributed by atoms with van der Waals surface area (Å²) < 4.78 is 12.3. The van der Waals surface area contributed by atoms with E-state index >= 15 is 0 Å². The van der Waals surface area contributed by atoms with Crippen LogP contribution in [-0.4, -0.2) is 23.5 Å². The Kier molecular flexibility index (Phi) is 1.91. The van der Waals surface area contributed by atoms with Crippen molar-refractivity contribution in [2.75, 3.05) is 12.4 Å². The third kappa shape index (κ3) is 1.19. The summed E-state index contributed by atoms with van der Waals surface area (Å²) in [4.78, 5) is 11.0. The van der Waals surface area contributed by atoms with E-state index in [1.807, 2.05) is 0 Å². The van der Waals surface area contributed by atoms with Crippen LogP contribution in [0.25, 0.3) is 0 Å². The van der Waals surface area contributed by atoms with Gasteiger partial charge in [0, 0.05) is 18.1 Å². The number of rotatable bonds is 1. The molecule has 3 unspecified atom stereocenters. The molecule has 1 aliphatic heterocycles. The Balaban J connectivity index is 2.07. The maximum Gasteiger partial charge on any atom is 0.133 e. The average Bonchev–Trinajstić information content (AvgIpc) is 2.45. The van der Waals surface area contributed by atoms with Crippen molar-refractivity contribution in [2.45, 2.75) is 18.1 Å². The lowest BCUT2D eigenvalue weighted by atomic mass is 9.95. The van der Waals surface area contributed by atoms with Crippen LogP contribution < -0.4 is 0 Å². The normalized spacial score (nSPS) is 43.0. The topological polar surface area (TPSA) is 17.1 Å². The second kappa shape index (κ2) is 2.77. The first-order chi connectivity index (χ1) is 5.31. The average molecular weight is 174 g/mol. The summed E-state index contributed by atoms with van der Waals surface area (Å²) in [6.07, 6.45) is 1.36. The van der Waals surface area contributed by atoms with Gasteiger partial charge in [0.15, 0.2) is 0 Å². The molecule has 0 bridgehead atoms. The van der Waals surface area contributed by atoms with E-state index in [9.17, 15) is 9.18 Å². The van der Waals surface area contributed by atoms with Crippen LogP contribution in [0.4, 0.5) is 4.39 Å². The summed E-state index contributed by atoms with van der Waals surface area (Å²) >= 11 is 1.71. The Morgan fingerprint density at radius 3 is 3.09 bits per heavy atom. The van der Waals surface area contributed by atoms with E-state index in [-0.39, 0.29) is 11.9 Å². The van der Waals surface area contributed by atoms with Crippen molar-refractivity contribution >= 4 is 17.5 Å². The SMILES string of the molecule is O=C1CC2CSC(CF)C2C1. The quantitative estimate of drug-likeness (QED) is 0.601. The highest BCUT2D eigenvalue weighted by Gasteiger charge is 2.43. The van der Waals surface area contributed by atoms with Gasteiger partial charge >= 0.3 is 0 Å². The van der Waals surface area contributed by atoms with Crippen LogP contribution >= 0.6 is 11.8 Å². The molecule has 11 heavy (non-hydrogen) atoms. The molecular weight excluding hydrogens is 163 g/mol. The van der Waals surface area contributed by atoms with E-state index in [4.69, 9.17) is 0 Å². The van der Waals surface area contributed by atoms with Crippen LogP contribution in [0.1, 0.15) is 12.8 Å². The Morgan fingerprint density at radius 1 is 1.55 bits per heavy atom. The highest BCUT2D eigenvalue weighted by atomic mass is 32.2. The first kappa shape index (κ1) is 7.59. The molecule has 62 valence electrons. The molecule has 1 saturated carbocycles. The smallest absolute Gasteiger partial charge is 0.133 e. The molecule has 1 saturated heterocycles. The lowest BCUT2D eigenvalue weighted by Crippen LogP contribution is -2.15. The molecule has 2 fully saturated rings. The van der Waals surface area contributed by atoms with Crippen LogP contribution in [0.3, 0.4) is 0 Å². The van der Waals surface area contributed by atoms with E-state index in [0.29, 0.717) is 30.5 Å². The molecule has 0 radical (unpaired) electrons. The molecular formula is C8H11FOS. The molecule has 3 heteroatoms. The molecule has 0 N–H and O–H groups in total. The summed E-state index contributed by atoms with van der Waals surface area (Å²) in [6.45, 7) is -0.251. The van der Waals surface area contributed by atoms with E-state index in [2.05, 4.69) is 0 Å². The first-order valence-electron chi connectivity index (χ1n) is 4.00. The second-order valence-corrected chi connectivity index (χ2v) is 4.67. The van der Waals surface area contributed by atoms with Crippen molar-refractivity contribution in [3.8, 4) is 0 Å². The number of fused-ring (bicyclic) bond motifs is 1. The molecule has 3 atom stereocenters. The van der Waals surface area contributed by atoms with Crippen molar-refractivity contribution in [2.24, 2.45) is 11.8 Å². The summed E-state index contributed by atoms with van der Waals surface area (Å²) in [7, 11) is 0. The van der Waals surface area contributed by atoms with Gasteiger partial charge in [-0.25, -0.2) is 4.39 Å². The monoisotopic (exact) mass is 174 g/mol.